The second-order valence-corrected chi connectivity index (χ2v) is 7.45. The number of carbonyl (C=O) groups excluding carboxylic acids is 2. The molecule has 28 heavy (non-hydrogen) atoms. The molecule has 1 N–H and O–H groups in total. The van der Waals surface area contributed by atoms with Gasteiger partial charge in [-0.15, -0.1) is 0 Å². The van der Waals surface area contributed by atoms with E-state index in [4.69, 9.17) is 4.74 Å². The Morgan fingerprint density at radius 1 is 1.11 bits per heavy atom. The number of halogens is 3. The third kappa shape index (κ3) is 5.41. The van der Waals surface area contributed by atoms with Crippen LogP contribution in [0.25, 0.3) is 0 Å². The molecule has 0 unspecified atom stereocenters. The molecule has 150 valence electrons. The zero-order chi connectivity index (χ0) is 20.9. The Balaban J connectivity index is 2.05. The van der Waals surface area contributed by atoms with E-state index in [1.807, 2.05) is 0 Å². The van der Waals surface area contributed by atoms with Crippen LogP contribution in [0.4, 0.5) is 18.9 Å². The highest BCUT2D eigenvalue weighted by Crippen LogP contribution is 2.29. The zero-order valence-electron chi connectivity index (χ0n) is 15.1. The van der Waals surface area contributed by atoms with Crippen molar-refractivity contribution in [3.05, 3.63) is 59.7 Å². The van der Waals surface area contributed by atoms with Crippen molar-refractivity contribution in [1.29, 1.82) is 0 Å². The van der Waals surface area contributed by atoms with Gasteiger partial charge in [-0.3, -0.25) is 9.00 Å². The van der Waals surface area contributed by atoms with Crippen LogP contribution < -0.4 is 5.32 Å². The number of carbonyl (C=O) groups is 2. The number of rotatable bonds is 6. The number of esters is 1. The van der Waals surface area contributed by atoms with E-state index in [0.29, 0.717) is 10.6 Å². The fraction of sp³-hybridized carbons (Fsp3) is 0.263. The smallest absolute Gasteiger partial charge is 0.416 e. The van der Waals surface area contributed by atoms with Gasteiger partial charge in [0.05, 0.1) is 26.8 Å². The van der Waals surface area contributed by atoms with Crippen molar-refractivity contribution in [3.8, 4) is 0 Å². The van der Waals surface area contributed by atoms with E-state index < -0.39 is 40.5 Å². The first-order chi connectivity index (χ1) is 13.1. The lowest BCUT2D eigenvalue weighted by Crippen LogP contribution is -2.30. The number of anilines is 1. The van der Waals surface area contributed by atoms with Gasteiger partial charge in [-0.05, 0) is 43.3 Å². The Bertz CT molecular complexity index is 881. The van der Waals surface area contributed by atoms with Gasteiger partial charge in [-0.2, -0.15) is 13.2 Å². The lowest BCUT2D eigenvalue weighted by Gasteiger charge is -2.15. The highest BCUT2D eigenvalue weighted by molar-refractivity contribution is 7.85. The van der Waals surface area contributed by atoms with E-state index in [0.717, 1.165) is 24.3 Å². The van der Waals surface area contributed by atoms with Crippen molar-refractivity contribution in [2.24, 2.45) is 0 Å². The first kappa shape index (κ1) is 21.6. The van der Waals surface area contributed by atoms with Crippen molar-refractivity contribution in [3.63, 3.8) is 0 Å². The summed E-state index contributed by atoms with van der Waals surface area (Å²) in [7, 11) is -1.38. The highest BCUT2D eigenvalue weighted by Gasteiger charge is 2.30. The maximum Gasteiger partial charge on any atom is 0.416 e. The Morgan fingerprint density at radius 3 is 2.29 bits per heavy atom. The molecule has 5 nitrogen and oxygen atoms in total. The molecule has 0 radical (unpaired) electrons. The van der Waals surface area contributed by atoms with Gasteiger partial charge in [0.25, 0.3) is 5.91 Å². The second kappa shape index (κ2) is 9.01. The summed E-state index contributed by atoms with van der Waals surface area (Å²) in [4.78, 5) is 24.8. The van der Waals surface area contributed by atoms with Gasteiger partial charge in [0.1, 0.15) is 0 Å². The van der Waals surface area contributed by atoms with Gasteiger partial charge in [0.15, 0.2) is 6.10 Å². The summed E-state index contributed by atoms with van der Waals surface area (Å²) in [6.07, 6.45) is -5.69. The van der Waals surface area contributed by atoms with E-state index in [-0.39, 0.29) is 11.3 Å². The van der Waals surface area contributed by atoms with Crippen LogP contribution in [0.2, 0.25) is 0 Å². The van der Waals surface area contributed by atoms with Gasteiger partial charge >= 0.3 is 12.1 Å². The molecule has 0 heterocycles. The number of nitrogens with one attached hydrogen (secondary N) is 1. The number of hydrogen-bond donors (Lipinski definition) is 1. The number of benzene rings is 2. The molecule has 9 heteroatoms. The molecular formula is C19H18F3NO4S. The van der Waals surface area contributed by atoms with Crippen LogP contribution in [-0.4, -0.2) is 27.9 Å². The number of ether oxygens (including phenoxy) is 1. The van der Waals surface area contributed by atoms with Gasteiger partial charge < -0.3 is 10.1 Å². The van der Waals surface area contributed by atoms with Crippen LogP contribution in [0.3, 0.4) is 0 Å². The van der Waals surface area contributed by atoms with E-state index in [2.05, 4.69) is 5.32 Å². The van der Waals surface area contributed by atoms with Crippen LogP contribution in [0.1, 0.15) is 29.8 Å². The van der Waals surface area contributed by atoms with Crippen LogP contribution >= 0.6 is 0 Å². The highest BCUT2D eigenvalue weighted by atomic mass is 32.2. The summed E-state index contributed by atoms with van der Waals surface area (Å²) in [5, 5.41) is 2.38. The predicted molar refractivity (Wildman–Crippen MR) is 98.3 cm³/mol. The molecule has 2 rings (SSSR count). The average molecular weight is 413 g/mol. The fourth-order valence-corrected chi connectivity index (χ4v) is 3.19. The normalized spacial score (nSPS) is 13.5. The average Bonchev–Trinajstić information content (AvgIpc) is 2.66. The molecule has 0 saturated carbocycles. The van der Waals surface area contributed by atoms with Crippen LogP contribution in [0, 0.1) is 0 Å². The van der Waals surface area contributed by atoms with Crippen molar-refractivity contribution >= 4 is 28.4 Å². The van der Waals surface area contributed by atoms with Crippen molar-refractivity contribution in [2.45, 2.75) is 31.0 Å². The molecule has 0 saturated heterocycles. The predicted octanol–water partition coefficient (Wildman–Crippen LogP) is 4.02. The molecule has 2 aromatic rings. The number of amides is 1. The van der Waals surface area contributed by atoms with Crippen LogP contribution in [0.15, 0.2) is 53.4 Å². The summed E-state index contributed by atoms with van der Waals surface area (Å²) in [6.45, 7) is 3.04. The molecule has 0 aliphatic rings. The minimum Gasteiger partial charge on any atom is -0.449 e. The molecule has 0 aliphatic carbocycles. The molecule has 0 bridgehead atoms. The molecule has 1 amide bonds. The van der Waals surface area contributed by atoms with E-state index in [9.17, 15) is 27.0 Å². The van der Waals surface area contributed by atoms with E-state index >= 15 is 0 Å². The molecule has 0 fully saturated rings. The Morgan fingerprint density at radius 2 is 1.71 bits per heavy atom. The molecule has 2 aromatic carbocycles. The molecular weight excluding hydrogens is 395 g/mol. The summed E-state index contributed by atoms with van der Waals surface area (Å²) in [6, 6.07) is 10.1. The van der Waals surface area contributed by atoms with Gasteiger partial charge in [-0.1, -0.05) is 19.1 Å². The third-order valence-electron chi connectivity index (χ3n) is 3.75. The van der Waals surface area contributed by atoms with Crippen LogP contribution in [0.5, 0.6) is 0 Å². The Hall–Kier alpha value is -2.68. The SMILES string of the molecule is CC[S@@](=O)c1ccccc1C(=O)O[C@@H](C)C(=O)Nc1ccc(C(F)(F)F)cc1. The van der Waals surface area contributed by atoms with Gasteiger partial charge in [0.2, 0.25) is 0 Å². The maximum absolute atomic E-state index is 12.6. The topological polar surface area (TPSA) is 72.5 Å². The third-order valence-corrected chi connectivity index (χ3v) is 5.12. The number of alkyl halides is 3. The van der Waals surface area contributed by atoms with Crippen LogP contribution in [-0.2, 0) is 26.5 Å². The van der Waals surface area contributed by atoms with Gasteiger partial charge in [0, 0.05) is 11.4 Å². The van der Waals surface area contributed by atoms with E-state index in [1.165, 1.54) is 13.0 Å². The maximum atomic E-state index is 12.6. The van der Waals surface area contributed by atoms with Crippen molar-refractivity contribution < 1.29 is 31.7 Å². The fourth-order valence-electron chi connectivity index (χ4n) is 2.25. The Kier molecular flexibility index (Phi) is 6.95. The zero-order valence-corrected chi connectivity index (χ0v) is 15.9. The Labute approximate surface area is 162 Å². The number of hydrogen-bond acceptors (Lipinski definition) is 4. The molecule has 0 aromatic heterocycles. The quantitative estimate of drug-likeness (QED) is 0.726. The minimum absolute atomic E-state index is 0.0943. The summed E-state index contributed by atoms with van der Waals surface area (Å²) in [5.41, 5.74) is -0.615. The minimum atomic E-state index is -4.47. The molecule has 0 aliphatic heterocycles. The van der Waals surface area contributed by atoms with Crippen molar-refractivity contribution in [1.82, 2.24) is 0 Å². The second-order valence-electron chi connectivity index (χ2n) is 5.74. The molecule has 0 spiro atoms. The summed E-state index contributed by atoms with van der Waals surface area (Å²) >= 11 is 0. The first-order valence-corrected chi connectivity index (χ1v) is 9.62. The lowest BCUT2D eigenvalue weighted by atomic mass is 10.2. The van der Waals surface area contributed by atoms with E-state index in [1.54, 1.807) is 25.1 Å². The summed E-state index contributed by atoms with van der Waals surface area (Å²) in [5.74, 6) is -1.21. The lowest BCUT2D eigenvalue weighted by molar-refractivity contribution is -0.137. The standard InChI is InChI=1S/C19H18F3NO4S/c1-3-28(26)16-7-5-4-6-15(16)18(25)27-12(2)17(24)23-14-10-8-13(9-11-14)19(20,21)22/h4-12H,3H2,1-2H3,(H,23,24)/t12-,28+/m0/s1. The first-order valence-electron chi connectivity index (χ1n) is 8.30. The molecule has 2 atom stereocenters. The largest absolute Gasteiger partial charge is 0.449 e. The van der Waals surface area contributed by atoms with Gasteiger partial charge in [-0.25, -0.2) is 4.79 Å². The van der Waals surface area contributed by atoms with Crippen molar-refractivity contribution in [2.75, 3.05) is 11.1 Å². The monoisotopic (exact) mass is 413 g/mol. The summed E-state index contributed by atoms with van der Waals surface area (Å²) < 4.78 is 54.9.